The van der Waals surface area contributed by atoms with Gasteiger partial charge in [0.25, 0.3) is 11.8 Å². The minimum Gasteiger partial charge on any atom is -0.487 e. The molecule has 4 rings (SSSR count). The number of benzene rings is 1. The molecule has 0 unspecified atom stereocenters. The SMILES string of the molecule is [2H]C([2H])([2H])N1C(=O)[C@@H](NC(=O)c2ncc(Cl)c(-c3cccc(F)c3F)n2)COc2cc(F)cnc21. The number of amides is 2. The van der Waals surface area contributed by atoms with E-state index in [4.69, 9.17) is 20.5 Å². The van der Waals surface area contributed by atoms with Crippen molar-refractivity contribution in [3.05, 3.63) is 65.0 Å². The zero-order valence-corrected chi connectivity index (χ0v) is 16.5. The van der Waals surface area contributed by atoms with Gasteiger partial charge >= 0.3 is 0 Å². The van der Waals surface area contributed by atoms with E-state index in [0.717, 1.165) is 18.3 Å². The number of carbonyl (C=O) groups is 2. The molecular weight excluding hydrogens is 451 g/mol. The molecule has 0 fully saturated rings. The van der Waals surface area contributed by atoms with Crippen molar-refractivity contribution in [2.75, 3.05) is 18.5 Å². The molecule has 1 atom stereocenters. The molecule has 8 nitrogen and oxygen atoms in total. The molecule has 3 heterocycles. The minimum atomic E-state index is -3.05. The third-order valence-corrected chi connectivity index (χ3v) is 4.67. The number of carbonyl (C=O) groups excluding carboxylic acids is 2. The van der Waals surface area contributed by atoms with Crippen molar-refractivity contribution in [2.24, 2.45) is 0 Å². The van der Waals surface area contributed by atoms with Gasteiger partial charge in [0.1, 0.15) is 18.5 Å². The molecular formula is C20H13ClF3N5O3. The lowest BCUT2D eigenvalue weighted by Crippen LogP contribution is -2.49. The van der Waals surface area contributed by atoms with Crippen molar-refractivity contribution in [1.29, 1.82) is 0 Å². The van der Waals surface area contributed by atoms with Gasteiger partial charge in [-0.2, -0.15) is 0 Å². The summed E-state index contributed by atoms with van der Waals surface area (Å²) in [5, 5.41) is 2.05. The van der Waals surface area contributed by atoms with E-state index >= 15 is 0 Å². The van der Waals surface area contributed by atoms with Gasteiger partial charge in [-0.15, -0.1) is 0 Å². The van der Waals surface area contributed by atoms with Crippen LogP contribution >= 0.6 is 11.6 Å². The van der Waals surface area contributed by atoms with Gasteiger partial charge < -0.3 is 10.1 Å². The molecule has 164 valence electrons. The number of fused-ring (bicyclic) bond motifs is 1. The van der Waals surface area contributed by atoms with Crippen LogP contribution in [0.25, 0.3) is 11.3 Å². The quantitative estimate of drug-likeness (QED) is 0.637. The van der Waals surface area contributed by atoms with E-state index < -0.39 is 60.5 Å². The van der Waals surface area contributed by atoms with Crippen molar-refractivity contribution in [3.63, 3.8) is 0 Å². The van der Waals surface area contributed by atoms with Crippen molar-refractivity contribution in [1.82, 2.24) is 20.3 Å². The van der Waals surface area contributed by atoms with Gasteiger partial charge in [-0.1, -0.05) is 17.7 Å². The first-order valence-electron chi connectivity index (χ1n) is 10.4. The largest absolute Gasteiger partial charge is 0.487 e. The summed E-state index contributed by atoms with van der Waals surface area (Å²) in [6.45, 7) is -3.62. The third-order valence-electron chi connectivity index (χ3n) is 4.39. The molecule has 1 aliphatic rings. The summed E-state index contributed by atoms with van der Waals surface area (Å²) in [7, 11) is 0. The highest BCUT2D eigenvalue weighted by molar-refractivity contribution is 6.33. The number of rotatable bonds is 3. The number of aromatic nitrogens is 3. The summed E-state index contributed by atoms with van der Waals surface area (Å²) in [6, 6.07) is 2.56. The topological polar surface area (TPSA) is 97.3 Å². The van der Waals surface area contributed by atoms with Crippen LogP contribution in [0.15, 0.2) is 36.7 Å². The van der Waals surface area contributed by atoms with Gasteiger partial charge in [0, 0.05) is 22.7 Å². The summed E-state index contributed by atoms with van der Waals surface area (Å²) in [6.07, 6.45) is 1.69. The molecule has 1 N–H and O–H groups in total. The number of likely N-dealkylation sites (N-methyl/N-ethyl adjacent to an activating group) is 1. The molecule has 0 bridgehead atoms. The maximum absolute atomic E-state index is 14.2. The fraction of sp³-hybridized carbons (Fsp3) is 0.150. The summed E-state index contributed by atoms with van der Waals surface area (Å²) in [4.78, 5) is 37.4. The summed E-state index contributed by atoms with van der Waals surface area (Å²) in [5.41, 5.74) is -0.624. The van der Waals surface area contributed by atoms with Crippen LogP contribution in [0.3, 0.4) is 0 Å². The number of halogens is 4. The van der Waals surface area contributed by atoms with Crippen LogP contribution < -0.4 is 15.0 Å². The number of ether oxygens (including phenoxy) is 1. The normalized spacial score (nSPS) is 17.4. The molecule has 0 aliphatic carbocycles. The molecule has 2 aromatic heterocycles. The Hall–Kier alpha value is -3.73. The number of hydrogen-bond acceptors (Lipinski definition) is 6. The van der Waals surface area contributed by atoms with Crippen LogP contribution in [0.1, 0.15) is 14.7 Å². The number of hydrogen-bond donors (Lipinski definition) is 1. The van der Waals surface area contributed by atoms with Crippen molar-refractivity contribution in [3.8, 4) is 17.0 Å². The average molecular weight is 467 g/mol. The Kier molecular flexibility index (Phi) is 4.71. The molecule has 1 aromatic carbocycles. The van der Waals surface area contributed by atoms with Gasteiger partial charge in [-0.3, -0.25) is 14.5 Å². The maximum Gasteiger partial charge on any atom is 0.289 e. The molecule has 0 spiro atoms. The van der Waals surface area contributed by atoms with Crippen LogP contribution in [0.5, 0.6) is 5.75 Å². The molecule has 0 saturated carbocycles. The van der Waals surface area contributed by atoms with Gasteiger partial charge in [0.2, 0.25) is 5.82 Å². The van der Waals surface area contributed by atoms with Crippen molar-refractivity contribution >= 4 is 29.2 Å². The zero-order chi connectivity index (χ0) is 25.5. The predicted molar refractivity (Wildman–Crippen MR) is 107 cm³/mol. The second-order valence-corrected chi connectivity index (χ2v) is 6.88. The van der Waals surface area contributed by atoms with Gasteiger partial charge in [-0.25, -0.2) is 28.1 Å². The lowest BCUT2D eigenvalue weighted by atomic mass is 10.1. The Balaban J connectivity index is 1.65. The second-order valence-electron chi connectivity index (χ2n) is 6.48. The fourth-order valence-corrected chi connectivity index (χ4v) is 3.06. The number of pyridine rings is 1. The Morgan fingerprint density at radius 2 is 2.12 bits per heavy atom. The highest BCUT2D eigenvalue weighted by Crippen LogP contribution is 2.30. The lowest BCUT2D eigenvalue weighted by molar-refractivity contribution is -0.120. The summed E-state index contributed by atoms with van der Waals surface area (Å²) >= 11 is 6.00. The first-order chi connectivity index (χ1) is 16.5. The van der Waals surface area contributed by atoms with Crippen LogP contribution in [0.4, 0.5) is 19.0 Å². The number of nitrogens with zero attached hydrogens (tertiary/aromatic N) is 4. The lowest BCUT2D eigenvalue weighted by Gasteiger charge is -2.19. The van der Waals surface area contributed by atoms with Gasteiger partial charge in [-0.05, 0) is 12.1 Å². The average Bonchev–Trinajstić information content (AvgIpc) is 2.92. The van der Waals surface area contributed by atoms with Crippen LogP contribution in [0.2, 0.25) is 5.02 Å². The molecule has 12 heteroatoms. The van der Waals surface area contributed by atoms with Crippen molar-refractivity contribution < 1.29 is 31.6 Å². The second kappa shape index (κ2) is 8.42. The molecule has 1 aliphatic heterocycles. The Morgan fingerprint density at radius 3 is 2.91 bits per heavy atom. The molecule has 0 saturated heterocycles. The third kappa shape index (κ3) is 3.94. The molecule has 3 aromatic rings. The van der Waals surface area contributed by atoms with E-state index in [1.807, 2.05) is 0 Å². The standard InChI is InChI=1S/C20H13ClF3N5O3/c1-29-18-14(5-9(22)6-26-18)32-8-13(20(29)31)27-19(30)17-25-7-11(21)16(28-17)10-3-2-4-12(23)15(10)24/h2-7,13H,8H2,1H3,(H,27,30)/t13-/m0/s1/i1D3. The first-order valence-corrected chi connectivity index (χ1v) is 9.25. The van der Waals surface area contributed by atoms with Crippen LogP contribution in [0, 0.1) is 17.5 Å². The highest BCUT2D eigenvalue weighted by Gasteiger charge is 2.32. The smallest absolute Gasteiger partial charge is 0.289 e. The Bertz CT molecular complexity index is 1350. The van der Waals surface area contributed by atoms with E-state index in [1.54, 1.807) is 0 Å². The van der Waals surface area contributed by atoms with E-state index in [1.165, 1.54) is 12.1 Å². The van der Waals surface area contributed by atoms with Gasteiger partial charge in [0.05, 0.1) is 23.1 Å². The molecule has 2 amide bonds. The van der Waals surface area contributed by atoms with Crippen LogP contribution in [-0.2, 0) is 4.79 Å². The number of nitrogens with one attached hydrogen (secondary N) is 1. The van der Waals surface area contributed by atoms with E-state index in [-0.39, 0.29) is 22.0 Å². The zero-order valence-electron chi connectivity index (χ0n) is 18.8. The Morgan fingerprint density at radius 1 is 1.31 bits per heavy atom. The van der Waals surface area contributed by atoms with Crippen LogP contribution in [-0.4, -0.2) is 46.4 Å². The maximum atomic E-state index is 14.2. The van der Waals surface area contributed by atoms with E-state index in [2.05, 4.69) is 20.3 Å². The number of anilines is 1. The molecule has 0 radical (unpaired) electrons. The fourth-order valence-electron chi connectivity index (χ4n) is 2.87. The van der Waals surface area contributed by atoms with Crippen molar-refractivity contribution in [2.45, 2.75) is 6.04 Å². The highest BCUT2D eigenvalue weighted by atomic mass is 35.5. The minimum absolute atomic E-state index is 0.183. The van der Waals surface area contributed by atoms with E-state index in [9.17, 15) is 22.8 Å². The summed E-state index contributed by atoms with van der Waals surface area (Å²) < 4.78 is 69.9. The molecule has 32 heavy (non-hydrogen) atoms. The van der Waals surface area contributed by atoms with Gasteiger partial charge in [0.15, 0.2) is 23.2 Å². The van der Waals surface area contributed by atoms with E-state index in [0.29, 0.717) is 11.1 Å². The first kappa shape index (κ1) is 17.9. The predicted octanol–water partition coefficient (Wildman–Crippen LogP) is 2.76. The Labute approximate surface area is 188 Å². The monoisotopic (exact) mass is 466 g/mol. The summed E-state index contributed by atoms with van der Waals surface area (Å²) in [5.74, 6) is -6.81.